The zero-order valence-corrected chi connectivity index (χ0v) is 8.12. The molecule has 1 N–H and O–H groups in total. The number of hydrogen-bond donors (Lipinski definition) is 1. The molecule has 0 bridgehead atoms. The monoisotopic (exact) mass is 210 g/mol. The molecule has 0 radical (unpaired) electrons. The molecule has 0 unspecified atom stereocenters. The predicted molar refractivity (Wildman–Crippen MR) is 52.7 cm³/mol. The Morgan fingerprint density at radius 3 is 2.93 bits per heavy atom. The summed E-state index contributed by atoms with van der Waals surface area (Å²) in [7, 11) is 1.63. The average molecular weight is 211 g/mol. The van der Waals surface area contributed by atoms with Crippen molar-refractivity contribution in [1.82, 2.24) is 9.55 Å². The third-order valence-corrected chi connectivity index (χ3v) is 2.47. The highest BCUT2D eigenvalue weighted by Gasteiger charge is 2.19. The number of pyridine rings is 1. The Morgan fingerprint density at radius 2 is 2.36 bits per heavy atom. The lowest BCUT2D eigenvalue weighted by Crippen LogP contribution is -2.04. The molecule has 4 nitrogen and oxygen atoms in total. The summed E-state index contributed by atoms with van der Waals surface area (Å²) in [6, 6.07) is 3.47. The van der Waals surface area contributed by atoms with Crippen LogP contribution in [0.4, 0.5) is 0 Å². The Morgan fingerprint density at radius 1 is 1.64 bits per heavy atom. The van der Waals surface area contributed by atoms with Gasteiger partial charge in [0.1, 0.15) is 11.3 Å². The van der Waals surface area contributed by atoms with E-state index in [1.54, 1.807) is 25.4 Å². The molecule has 5 heteroatoms. The summed E-state index contributed by atoms with van der Waals surface area (Å²) in [5, 5.41) is 9.81. The van der Waals surface area contributed by atoms with Crippen molar-refractivity contribution >= 4 is 28.6 Å². The van der Waals surface area contributed by atoms with E-state index in [1.165, 1.54) is 4.57 Å². The largest absolute Gasteiger partial charge is 0.477 e. The first kappa shape index (κ1) is 9.02. The third-order valence-electron chi connectivity index (χ3n) is 2.09. The second-order valence-corrected chi connectivity index (χ2v) is 3.28. The molecular weight excluding hydrogens is 204 g/mol. The second-order valence-electron chi connectivity index (χ2n) is 2.90. The lowest BCUT2D eigenvalue weighted by molar-refractivity contribution is 0.0687. The van der Waals surface area contributed by atoms with E-state index in [-0.39, 0.29) is 10.7 Å². The standard InChI is InChI=1S/C9H7ClN2O2/c1-12-7(9(13)14)6(10)5-3-2-4-11-8(5)12/h2-4H,1H3,(H,13,14). The average Bonchev–Trinajstić information content (AvgIpc) is 2.41. The van der Waals surface area contributed by atoms with E-state index in [0.717, 1.165) is 0 Å². The molecule has 0 amide bonds. The first-order chi connectivity index (χ1) is 6.63. The molecule has 0 aromatic carbocycles. The second kappa shape index (κ2) is 2.99. The van der Waals surface area contributed by atoms with Crippen molar-refractivity contribution < 1.29 is 9.90 Å². The highest BCUT2D eigenvalue weighted by Crippen LogP contribution is 2.28. The summed E-state index contributed by atoms with van der Waals surface area (Å²) in [5.41, 5.74) is 0.648. The van der Waals surface area contributed by atoms with Crippen LogP contribution in [0.2, 0.25) is 5.02 Å². The number of carbonyl (C=O) groups is 1. The minimum Gasteiger partial charge on any atom is -0.477 e. The first-order valence-electron chi connectivity index (χ1n) is 3.95. The summed E-state index contributed by atoms with van der Waals surface area (Å²) in [5.74, 6) is -1.05. The van der Waals surface area contributed by atoms with Crippen LogP contribution in [0.25, 0.3) is 11.0 Å². The molecule has 0 saturated carbocycles. The number of halogens is 1. The minimum atomic E-state index is -1.05. The third kappa shape index (κ3) is 1.08. The highest BCUT2D eigenvalue weighted by atomic mass is 35.5. The fraction of sp³-hybridized carbons (Fsp3) is 0.111. The Balaban J connectivity index is 2.92. The van der Waals surface area contributed by atoms with Gasteiger partial charge in [-0.15, -0.1) is 0 Å². The van der Waals surface area contributed by atoms with E-state index >= 15 is 0 Å². The molecule has 0 fully saturated rings. The van der Waals surface area contributed by atoms with Crippen LogP contribution in [0.15, 0.2) is 18.3 Å². The van der Waals surface area contributed by atoms with Gasteiger partial charge in [-0.3, -0.25) is 0 Å². The molecular formula is C9H7ClN2O2. The fourth-order valence-corrected chi connectivity index (χ4v) is 1.81. The zero-order valence-electron chi connectivity index (χ0n) is 7.36. The van der Waals surface area contributed by atoms with E-state index < -0.39 is 5.97 Å². The maximum Gasteiger partial charge on any atom is 0.354 e. The number of nitrogens with zero attached hydrogens (tertiary/aromatic N) is 2. The summed E-state index contributed by atoms with van der Waals surface area (Å²) >= 11 is 5.92. The Kier molecular flexibility index (Phi) is 1.93. The lowest BCUT2D eigenvalue weighted by Gasteiger charge is -1.96. The van der Waals surface area contributed by atoms with Crippen molar-refractivity contribution in [3.63, 3.8) is 0 Å². The van der Waals surface area contributed by atoms with Crippen LogP contribution in [0.3, 0.4) is 0 Å². The van der Waals surface area contributed by atoms with Crippen LogP contribution >= 0.6 is 11.6 Å². The van der Waals surface area contributed by atoms with Crippen LogP contribution in [0, 0.1) is 0 Å². The highest BCUT2D eigenvalue weighted by molar-refractivity contribution is 6.38. The fourth-order valence-electron chi connectivity index (χ4n) is 1.45. The van der Waals surface area contributed by atoms with Gasteiger partial charge in [0.15, 0.2) is 0 Å². The van der Waals surface area contributed by atoms with Gasteiger partial charge in [-0.25, -0.2) is 9.78 Å². The van der Waals surface area contributed by atoms with Crippen molar-refractivity contribution in [1.29, 1.82) is 0 Å². The molecule has 2 heterocycles. The molecule has 0 spiro atoms. The van der Waals surface area contributed by atoms with Crippen molar-refractivity contribution in [2.45, 2.75) is 0 Å². The van der Waals surface area contributed by atoms with Gasteiger partial charge >= 0.3 is 5.97 Å². The van der Waals surface area contributed by atoms with Gasteiger partial charge in [0.2, 0.25) is 0 Å². The van der Waals surface area contributed by atoms with Gasteiger partial charge in [-0.1, -0.05) is 11.6 Å². The van der Waals surface area contributed by atoms with E-state index in [4.69, 9.17) is 16.7 Å². The molecule has 14 heavy (non-hydrogen) atoms. The number of carboxylic acids is 1. The van der Waals surface area contributed by atoms with Gasteiger partial charge < -0.3 is 9.67 Å². The van der Waals surface area contributed by atoms with Gasteiger partial charge in [-0.05, 0) is 12.1 Å². The zero-order chi connectivity index (χ0) is 10.3. The Hall–Kier alpha value is -1.55. The molecule has 0 aliphatic heterocycles. The summed E-state index contributed by atoms with van der Waals surface area (Å²) in [6.07, 6.45) is 1.60. The maximum absolute atomic E-state index is 10.9. The van der Waals surface area contributed by atoms with E-state index in [2.05, 4.69) is 4.98 Å². The number of hydrogen-bond acceptors (Lipinski definition) is 2. The number of rotatable bonds is 1. The number of aryl methyl sites for hydroxylation is 1. The SMILES string of the molecule is Cn1c(C(=O)O)c(Cl)c2cccnc21. The van der Waals surface area contributed by atoms with Gasteiger partial charge in [0.05, 0.1) is 5.02 Å². The summed E-state index contributed by atoms with van der Waals surface area (Å²) < 4.78 is 1.47. The number of carboxylic acid groups (broad SMARTS) is 1. The van der Waals surface area contributed by atoms with Gasteiger partial charge in [0.25, 0.3) is 0 Å². The smallest absolute Gasteiger partial charge is 0.354 e. The van der Waals surface area contributed by atoms with Crippen LogP contribution < -0.4 is 0 Å². The molecule has 2 aromatic heterocycles. The maximum atomic E-state index is 10.9. The molecule has 0 atom stereocenters. The summed E-state index contributed by atoms with van der Waals surface area (Å²) in [6.45, 7) is 0. The van der Waals surface area contributed by atoms with Gasteiger partial charge in [-0.2, -0.15) is 0 Å². The van der Waals surface area contributed by atoms with Crippen LogP contribution in [0.1, 0.15) is 10.5 Å². The van der Waals surface area contributed by atoms with Gasteiger partial charge in [0, 0.05) is 18.6 Å². The number of aromatic carboxylic acids is 1. The van der Waals surface area contributed by atoms with Crippen LogP contribution in [-0.4, -0.2) is 20.6 Å². The molecule has 2 aromatic rings. The van der Waals surface area contributed by atoms with Crippen molar-refractivity contribution in [2.24, 2.45) is 7.05 Å². The first-order valence-corrected chi connectivity index (χ1v) is 4.33. The number of aromatic nitrogens is 2. The molecule has 0 saturated heterocycles. The van der Waals surface area contributed by atoms with E-state index in [9.17, 15) is 4.79 Å². The Labute approximate surface area is 84.7 Å². The van der Waals surface area contributed by atoms with Crippen LogP contribution in [-0.2, 0) is 7.05 Å². The van der Waals surface area contributed by atoms with Crippen LogP contribution in [0.5, 0.6) is 0 Å². The van der Waals surface area contributed by atoms with Crippen molar-refractivity contribution in [2.75, 3.05) is 0 Å². The van der Waals surface area contributed by atoms with Crippen molar-refractivity contribution in [3.8, 4) is 0 Å². The predicted octanol–water partition coefficient (Wildman–Crippen LogP) is 1.92. The van der Waals surface area contributed by atoms with E-state index in [0.29, 0.717) is 11.0 Å². The quantitative estimate of drug-likeness (QED) is 0.783. The molecule has 0 aliphatic carbocycles. The van der Waals surface area contributed by atoms with E-state index in [1.807, 2.05) is 0 Å². The lowest BCUT2D eigenvalue weighted by atomic mass is 10.3. The molecule has 0 aliphatic rings. The van der Waals surface area contributed by atoms with Crippen molar-refractivity contribution in [3.05, 3.63) is 29.0 Å². The topological polar surface area (TPSA) is 55.1 Å². The summed E-state index contributed by atoms with van der Waals surface area (Å²) in [4.78, 5) is 14.9. The number of fused-ring (bicyclic) bond motifs is 1. The molecule has 72 valence electrons. The normalized spacial score (nSPS) is 10.7. The molecule has 2 rings (SSSR count). The minimum absolute atomic E-state index is 0.0698. The Bertz CT molecular complexity index is 480.